The lowest BCUT2D eigenvalue weighted by Crippen LogP contribution is -2.38. The molecule has 0 amide bonds. The monoisotopic (exact) mass is 330 g/mol. The molecule has 1 N–H and O–H groups in total. The van der Waals surface area contributed by atoms with Gasteiger partial charge in [0.05, 0.1) is 19.8 Å². The highest BCUT2D eigenvalue weighted by molar-refractivity contribution is 5.37. The summed E-state index contributed by atoms with van der Waals surface area (Å²) in [5.41, 5.74) is -0.318. The number of hydrogen-bond acceptors (Lipinski definition) is 6. The van der Waals surface area contributed by atoms with Gasteiger partial charge in [-0.3, -0.25) is 9.69 Å². The van der Waals surface area contributed by atoms with Crippen molar-refractivity contribution < 1.29 is 19.0 Å². The molecule has 2 rings (SSSR count). The number of carbonyl (C=O) groups is 1. The maximum absolute atomic E-state index is 9.60. The van der Waals surface area contributed by atoms with E-state index in [9.17, 15) is 4.79 Å². The lowest BCUT2D eigenvalue weighted by atomic mass is 9.99. The third kappa shape index (κ3) is 11.5. The van der Waals surface area contributed by atoms with Crippen LogP contribution in [0.2, 0.25) is 0 Å². The van der Waals surface area contributed by atoms with Crippen molar-refractivity contribution in [2.75, 3.05) is 59.2 Å². The van der Waals surface area contributed by atoms with Crippen LogP contribution in [0.15, 0.2) is 0 Å². The summed E-state index contributed by atoms with van der Waals surface area (Å²) in [5.74, 6) is 0.783. The lowest BCUT2D eigenvalue weighted by Gasteiger charge is -2.27. The van der Waals surface area contributed by atoms with Crippen molar-refractivity contribution in [2.45, 2.75) is 39.2 Å². The Labute approximate surface area is 140 Å². The molecule has 2 fully saturated rings. The predicted octanol–water partition coefficient (Wildman–Crippen LogP) is 1.29. The highest BCUT2D eigenvalue weighted by Crippen LogP contribution is 2.11. The SMILES string of the molecule is C1CC(COCCN2CCOCC2)CCN1.CC(C)(C)OC=O. The molecule has 0 radical (unpaired) electrons. The van der Waals surface area contributed by atoms with Gasteiger partial charge in [0.25, 0.3) is 6.47 Å². The van der Waals surface area contributed by atoms with E-state index in [0.29, 0.717) is 6.47 Å². The molecule has 136 valence electrons. The molecule has 0 aromatic carbocycles. The van der Waals surface area contributed by atoms with E-state index in [-0.39, 0.29) is 5.60 Å². The molecule has 0 atom stereocenters. The second-order valence-corrected chi connectivity index (χ2v) is 7.05. The minimum absolute atomic E-state index is 0.318. The van der Waals surface area contributed by atoms with Gasteiger partial charge in [0.15, 0.2) is 0 Å². The highest BCUT2D eigenvalue weighted by atomic mass is 16.5. The molecule has 0 aliphatic carbocycles. The minimum atomic E-state index is -0.318. The van der Waals surface area contributed by atoms with E-state index >= 15 is 0 Å². The second kappa shape index (κ2) is 11.8. The molecule has 0 aromatic heterocycles. The summed E-state index contributed by atoms with van der Waals surface area (Å²) in [4.78, 5) is 12.0. The average Bonchev–Trinajstić information content (AvgIpc) is 2.53. The Morgan fingerprint density at radius 2 is 1.87 bits per heavy atom. The van der Waals surface area contributed by atoms with Crippen LogP contribution < -0.4 is 5.32 Å². The molecule has 0 saturated carbocycles. The largest absolute Gasteiger partial charge is 0.462 e. The Morgan fingerprint density at radius 1 is 1.22 bits per heavy atom. The zero-order valence-corrected chi connectivity index (χ0v) is 15.0. The molecule has 0 spiro atoms. The van der Waals surface area contributed by atoms with Crippen molar-refractivity contribution >= 4 is 6.47 Å². The quantitative estimate of drug-likeness (QED) is 0.585. The van der Waals surface area contributed by atoms with Crippen molar-refractivity contribution in [3.63, 3.8) is 0 Å². The van der Waals surface area contributed by atoms with E-state index in [2.05, 4.69) is 15.0 Å². The van der Waals surface area contributed by atoms with Crippen molar-refractivity contribution in [1.29, 1.82) is 0 Å². The lowest BCUT2D eigenvalue weighted by molar-refractivity contribution is -0.138. The molecule has 0 unspecified atom stereocenters. The molecule has 0 aromatic rings. The zero-order chi connectivity index (χ0) is 17.0. The minimum Gasteiger partial charge on any atom is -0.462 e. The van der Waals surface area contributed by atoms with Crippen LogP contribution in [0.4, 0.5) is 0 Å². The van der Waals surface area contributed by atoms with Gasteiger partial charge in [0, 0.05) is 26.2 Å². The fourth-order valence-electron chi connectivity index (χ4n) is 2.46. The van der Waals surface area contributed by atoms with Crippen LogP contribution in [0, 0.1) is 5.92 Å². The predicted molar refractivity (Wildman–Crippen MR) is 90.6 cm³/mol. The Balaban J connectivity index is 0.000000322. The van der Waals surface area contributed by atoms with Crippen LogP contribution >= 0.6 is 0 Å². The summed E-state index contributed by atoms with van der Waals surface area (Å²) in [7, 11) is 0. The average molecular weight is 330 g/mol. The van der Waals surface area contributed by atoms with E-state index in [0.717, 1.165) is 65.1 Å². The first-order valence-corrected chi connectivity index (χ1v) is 8.71. The number of morpholine rings is 1. The summed E-state index contributed by atoms with van der Waals surface area (Å²) in [6.07, 6.45) is 2.55. The van der Waals surface area contributed by atoms with Gasteiger partial charge < -0.3 is 19.5 Å². The summed E-state index contributed by atoms with van der Waals surface area (Å²) in [6, 6.07) is 0. The van der Waals surface area contributed by atoms with Gasteiger partial charge >= 0.3 is 0 Å². The van der Waals surface area contributed by atoms with Gasteiger partial charge in [-0.15, -0.1) is 0 Å². The first-order valence-electron chi connectivity index (χ1n) is 8.71. The molecule has 2 aliphatic heterocycles. The van der Waals surface area contributed by atoms with E-state index in [1.165, 1.54) is 12.8 Å². The van der Waals surface area contributed by atoms with Gasteiger partial charge in [-0.1, -0.05) is 0 Å². The van der Waals surface area contributed by atoms with Gasteiger partial charge in [0.2, 0.25) is 0 Å². The highest BCUT2D eigenvalue weighted by Gasteiger charge is 2.13. The summed E-state index contributed by atoms with van der Waals surface area (Å²) in [5, 5.41) is 3.38. The number of carbonyl (C=O) groups excluding carboxylic acids is 1. The van der Waals surface area contributed by atoms with Gasteiger partial charge in [-0.05, 0) is 52.6 Å². The molecule has 23 heavy (non-hydrogen) atoms. The summed E-state index contributed by atoms with van der Waals surface area (Å²) < 4.78 is 15.6. The molecule has 2 heterocycles. The van der Waals surface area contributed by atoms with Gasteiger partial charge in [-0.2, -0.15) is 0 Å². The van der Waals surface area contributed by atoms with E-state index in [4.69, 9.17) is 9.47 Å². The van der Waals surface area contributed by atoms with Crippen LogP contribution in [0.25, 0.3) is 0 Å². The standard InChI is InChI=1S/C12H24N2O2.C5H10O2/c1-3-13-4-2-12(1)11-16-10-7-14-5-8-15-9-6-14;1-5(2,3)7-4-6/h12-13H,1-11H2;4H,1-3H3. The van der Waals surface area contributed by atoms with E-state index in [1.807, 2.05) is 20.8 Å². The number of hydrogen-bond donors (Lipinski definition) is 1. The molecule has 6 nitrogen and oxygen atoms in total. The van der Waals surface area contributed by atoms with Crippen LogP contribution in [-0.4, -0.2) is 76.1 Å². The molecule has 0 bridgehead atoms. The van der Waals surface area contributed by atoms with Crippen molar-refractivity contribution in [2.24, 2.45) is 5.92 Å². The number of nitrogens with one attached hydrogen (secondary N) is 1. The van der Waals surface area contributed by atoms with Gasteiger partial charge in [-0.25, -0.2) is 0 Å². The van der Waals surface area contributed by atoms with Crippen molar-refractivity contribution in [3.8, 4) is 0 Å². The fourth-order valence-corrected chi connectivity index (χ4v) is 2.46. The van der Waals surface area contributed by atoms with Crippen LogP contribution in [0.1, 0.15) is 33.6 Å². The summed E-state index contributed by atoms with van der Waals surface area (Å²) >= 11 is 0. The molecule has 2 aliphatic rings. The number of nitrogens with zero attached hydrogens (tertiary/aromatic N) is 1. The van der Waals surface area contributed by atoms with Crippen molar-refractivity contribution in [3.05, 3.63) is 0 Å². The fraction of sp³-hybridized carbons (Fsp3) is 0.941. The zero-order valence-electron chi connectivity index (χ0n) is 15.0. The molecular weight excluding hydrogens is 296 g/mol. The maximum Gasteiger partial charge on any atom is 0.293 e. The maximum atomic E-state index is 9.60. The van der Waals surface area contributed by atoms with Gasteiger partial charge in [0.1, 0.15) is 5.60 Å². The van der Waals surface area contributed by atoms with Crippen LogP contribution in [-0.2, 0) is 19.0 Å². The van der Waals surface area contributed by atoms with Crippen molar-refractivity contribution in [1.82, 2.24) is 10.2 Å². The summed E-state index contributed by atoms with van der Waals surface area (Å²) in [6.45, 7) is 15.0. The van der Waals surface area contributed by atoms with Crippen LogP contribution in [0.3, 0.4) is 0 Å². The Bertz CT molecular complexity index is 275. The second-order valence-electron chi connectivity index (χ2n) is 7.05. The normalized spacial score (nSPS) is 20.5. The third-order valence-corrected chi connectivity index (χ3v) is 3.87. The smallest absolute Gasteiger partial charge is 0.293 e. The first kappa shape index (κ1) is 20.4. The molecule has 6 heteroatoms. The first-order chi connectivity index (χ1) is 11.0. The number of piperidine rings is 1. The van der Waals surface area contributed by atoms with Crippen LogP contribution in [0.5, 0.6) is 0 Å². The molecule has 2 saturated heterocycles. The third-order valence-electron chi connectivity index (χ3n) is 3.87. The van der Waals surface area contributed by atoms with E-state index < -0.39 is 0 Å². The number of rotatable bonds is 6. The number of ether oxygens (including phenoxy) is 3. The Morgan fingerprint density at radius 3 is 2.39 bits per heavy atom. The Hall–Kier alpha value is -0.690. The topological polar surface area (TPSA) is 60.0 Å². The van der Waals surface area contributed by atoms with E-state index in [1.54, 1.807) is 0 Å². The molecular formula is C17H34N2O4. The Kier molecular flexibility index (Phi) is 10.4.